The van der Waals surface area contributed by atoms with E-state index in [1.54, 1.807) is 24.7 Å². The van der Waals surface area contributed by atoms with Gasteiger partial charge >= 0.3 is 12.0 Å². The van der Waals surface area contributed by atoms with Crippen molar-refractivity contribution in [3.05, 3.63) is 59.9 Å². The lowest BCUT2D eigenvalue weighted by Crippen LogP contribution is -2.24. The van der Waals surface area contributed by atoms with Crippen LogP contribution in [0.3, 0.4) is 0 Å². The molecule has 0 saturated carbocycles. The van der Waals surface area contributed by atoms with Gasteiger partial charge in [-0.1, -0.05) is 12.1 Å². The second kappa shape index (κ2) is 8.06. The average molecular weight is 354 g/mol. The number of nitrogens with one attached hydrogen (secondary N) is 1. The Balaban J connectivity index is 1.61. The summed E-state index contributed by atoms with van der Waals surface area (Å²) in [6.45, 7) is 0.831. The summed E-state index contributed by atoms with van der Waals surface area (Å²) >= 11 is 0. The largest absolute Gasteiger partial charge is 0.467 e. The van der Waals surface area contributed by atoms with Crippen LogP contribution >= 0.6 is 0 Å². The summed E-state index contributed by atoms with van der Waals surface area (Å²) in [7, 11) is 2.89. The summed E-state index contributed by atoms with van der Waals surface area (Å²) in [5.41, 5.74) is 1.62. The van der Waals surface area contributed by atoms with E-state index >= 15 is 0 Å². The number of amides is 1. The number of hydrogen-bond donors (Lipinski definition) is 1. The molecule has 134 valence electrons. The first-order valence-corrected chi connectivity index (χ1v) is 7.83. The van der Waals surface area contributed by atoms with E-state index in [1.807, 2.05) is 22.9 Å². The normalized spacial score (nSPS) is 10.4. The van der Waals surface area contributed by atoms with E-state index in [0.29, 0.717) is 17.9 Å². The van der Waals surface area contributed by atoms with Gasteiger partial charge in [0.05, 0.1) is 27.1 Å². The standard InChI is InChI=1S/C17H18N6O3/c1-25-16-20-14(21-17(22-16)26-2)9-19-15(24)13-5-3-12(4-6-13)10-23-8-7-18-11-23/h3-8,11H,9-10H2,1-2H3,(H,19,24). The monoisotopic (exact) mass is 354 g/mol. The number of benzene rings is 1. The molecule has 0 radical (unpaired) electrons. The third-order valence-electron chi connectivity index (χ3n) is 3.55. The third-order valence-corrected chi connectivity index (χ3v) is 3.55. The van der Waals surface area contributed by atoms with E-state index in [1.165, 1.54) is 14.2 Å². The minimum atomic E-state index is -0.225. The van der Waals surface area contributed by atoms with Crippen LogP contribution in [0, 0.1) is 0 Å². The van der Waals surface area contributed by atoms with Crippen LogP contribution < -0.4 is 14.8 Å². The number of carbonyl (C=O) groups is 1. The van der Waals surface area contributed by atoms with Gasteiger partial charge < -0.3 is 19.4 Å². The van der Waals surface area contributed by atoms with E-state index in [-0.39, 0.29) is 24.5 Å². The number of rotatable bonds is 7. The minimum absolute atomic E-state index is 0.130. The van der Waals surface area contributed by atoms with Gasteiger partial charge in [0, 0.05) is 24.5 Å². The second-order valence-corrected chi connectivity index (χ2v) is 5.34. The summed E-state index contributed by atoms with van der Waals surface area (Å²) in [5.74, 6) is 0.122. The Labute approximate surface area is 150 Å². The maximum Gasteiger partial charge on any atom is 0.322 e. The highest BCUT2D eigenvalue weighted by molar-refractivity contribution is 5.94. The highest BCUT2D eigenvalue weighted by Gasteiger charge is 2.10. The van der Waals surface area contributed by atoms with Gasteiger partial charge in [0.1, 0.15) is 0 Å². The van der Waals surface area contributed by atoms with E-state index < -0.39 is 0 Å². The van der Waals surface area contributed by atoms with Crippen LogP contribution in [0.25, 0.3) is 0 Å². The molecule has 0 aliphatic rings. The maximum absolute atomic E-state index is 12.3. The summed E-state index contributed by atoms with van der Waals surface area (Å²) in [6, 6.07) is 7.62. The van der Waals surface area contributed by atoms with E-state index in [2.05, 4.69) is 25.3 Å². The Hall–Kier alpha value is -3.49. The van der Waals surface area contributed by atoms with Crippen molar-refractivity contribution in [3.8, 4) is 12.0 Å². The zero-order valence-corrected chi connectivity index (χ0v) is 14.4. The molecule has 9 heteroatoms. The van der Waals surface area contributed by atoms with Gasteiger partial charge in [-0.25, -0.2) is 4.98 Å². The summed E-state index contributed by atoms with van der Waals surface area (Å²) in [4.78, 5) is 28.4. The van der Waals surface area contributed by atoms with E-state index in [9.17, 15) is 4.79 Å². The smallest absolute Gasteiger partial charge is 0.322 e. The van der Waals surface area contributed by atoms with Crippen molar-refractivity contribution < 1.29 is 14.3 Å². The number of carbonyl (C=O) groups excluding carboxylic acids is 1. The molecular formula is C17H18N6O3. The van der Waals surface area contributed by atoms with Gasteiger partial charge in [-0.15, -0.1) is 4.98 Å². The fraction of sp³-hybridized carbons (Fsp3) is 0.235. The van der Waals surface area contributed by atoms with Crippen molar-refractivity contribution in [2.75, 3.05) is 14.2 Å². The van der Waals surface area contributed by atoms with Gasteiger partial charge in [0.15, 0.2) is 5.82 Å². The van der Waals surface area contributed by atoms with Gasteiger partial charge in [0.25, 0.3) is 5.91 Å². The second-order valence-electron chi connectivity index (χ2n) is 5.34. The van der Waals surface area contributed by atoms with Gasteiger partial charge in [-0.2, -0.15) is 9.97 Å². The molecule has 3 aromatic rings. The number of hydrogen-bond acceptors (Lipinski definition) is 7. The van der Waals surface area contributed by atoms with Crippen LogP contribution in [-0.4, -0.2) is 44.6 Å². The zero-order valence-electron chi connectivity index (χ0n) is 14.4. The molecule has 0 fully saturated rings. The molecule has 0 atom stereocenters. The lowest BCUT2D eigenvalue weighted by Gasteiger charge is -2.08. The molecule has 1 aromatic carbocycles. The SMILES string of the molecule is COc1nc(CNC(=O)c2ccc(Cn3ccnc3)cc2)nc(OC)n1. The number of aromatic nitrogens is 5. The third kappa shape index (κ3) is 4.32. The quantitative estimate of drug-likeness (QED) is 0.676. The number of ether oxygens (including phenoxy) is 2. The fourth-order valence-electron chi connectivity index (χ4n) is 2.25. The number of nitrogens with zero attached hydrogens (tertiary/aromatic N) is 5. The van der Waals surface area contributed by atoms with Crippen molar-refractivity contribution in [2.24, 2.45) is 0 Å². The summed E-state index contributed by atoms with van der Waals surface area (Å²) in [6.07, 6.45) is 5.36. The van der Waals surface area contributed by atoms with Crippen molar-refractivity contribution in [2.45, 2.75) is 13.1 Å². The van der Waals surface area contributed by atoms with Crippen molar-refractivity contribution in [1.82, 2.24) is 29.8 Å². The average Bonchev–Trinajstić information content (AvgIpc) is 3.19. The molecule has 26 heavy (non-hydrogen) atoms. The summed E-state index contributed by atoms with van der Waals surface area (Å²) in [5, 5.41) is 2.76. The van der Waals surface area contributed by atoms with Gasteiger partial charge in [0.2, 0.25) is 0 Å². The van der Waals surface area contributed by atoms with Crippen LogP contribution in [-0.2, 0) is 13.1 Å². The zero-order chi connectivity index (χ0) is 18.4. The van der Waals surface area contributed by atoms with Crippen molar-refractivity contribution >= 4 is 5.91 Å². The number of imidazole rings is 1. The molecule has 0 bridgehead atoms. The van der Waals surface area contributed by atoms with Crippen molar-refractivity contribution in [3.63, 3.8) is 0 Å². The van der Waals surface area contributed by atoms with Crippen LogP contribution in [0.1, 0.15) is 21.7 Å². The first-order valence-electron chi connectivity index (χ1n) is 7.83. The molecule has 2 aromatic heterocycles. The number of methoxy groups -OCH3 is 2. The molecule has 0 unspecified atom stereocenters. The predicted molar refractivity (Wildman–Crippen MR) is 91.9 cm³/mol. The maximum atomic E-state index is 12.3. The molecule has 1 N–H and O–H groups in total. The molecule has 3 rings (SSSR count). The minimum Gasteiger partial charge on any atom is -0.467 e. The summed E-state index contributed by atoms with van der Waals surface area (Å²) < 4.78 is 11.9. The Morgan fingerprint density at radius 2 is 1.77 bits per heavy atom. The molecule has 0 saturated heterocycles. The Kier molecular flexibility index (Phi) is 5.37. The highest BCUT2D eigenvalue weighted by Crippen LogP contribution is 2.10. The predicted octanol–water partition coefficient (Wildman–Crippen LogP) is 1.06. The lowest BCUT2D eigenvalue weighted by atomic mass is 10.1. The Morgan fingerprint density at radius 1 is 1.08 bits per heavy atom. The first-order chi connectivity index (χ1) is 12.7. The molecule has 9 nitrogen and oxygen atoms in total. The van der Waals surface area contributed by atoms with E-state index in [0.717, 1.165) is 5.56 Å². The molecule has 1 amide bonds. The van der Waals surface area contributed by atoms with Crippen molar-refractivity contribution in [1.29, 1.82) is 0 Å². The van der Waals surface area contributed by atoms with Crippen LogP contribution in [0.2, 0.25) is 0 Å². The molecule has 0 aliphatic heterocycles. The lowest BCUT2D eigenvalue weighted by molar-refractivity contribution is 0.0949. The molecule has 2 heterocycles. The Morgan fingerprint density at radius 3 is 2.35 bits per heavy atom. The molecule has 0 spiro atoms. The first kappa shape index (κ1) is 17.3. The molecule has 0 aliphatic carbocycles. The van der Waals surface area contributed by atoms with Crippen LogP contribution in [0.4, 0.5) is 0 Å². The molecular weight excluding hydrogens is 336 g/mol. The van der Waals surface area contributed by atoms with Gasteiger partial charge in [-0.3, -0.25) is 4.79 Å². The Bertz CT molecular complexity index is 842. The van der Waals surface area contributed by atoms with E-state index in [4.69, 9.17) is 9.47 Å². The van der Waals surface area contributed by atoms with Gasteiger partial charge in [-0.05, 0) is 17.7 Å². The fourth-order valence-corrected chi connectivity index (χ4v) is 2.25. The van der Waals surface area contributed by atoms with Crippen LogP contribution in [0.5, 0.6) is 12.0 Å². The van der Waals surface area contributed by atoms with Crippen LogP contribution in [0.15, 0.2) is 43.0 Å². The topological polar surface area (TPSA) is 104 Å². The highest BCUT2D eigenvalue weighted by atomic mass is 16.5.